The molecule has 0 unspecified atom stereocenters. The SMILES string of the molecule is CO[C@H]1C[C@@H](CN(C)C(=O)c2ccc(N3CCNC3=O)cc2)N(C)C1. The third kappa shape index (κ3) is 3.77. The molecule has 2 saturated heterocycles. The van der Waals surface area contributed by atoms with Crippen molar-refractivity contribution < 1.29 is 14.3 Å². The van der Waals surface area contributed by atoms with E-state index in [1.807, 2.05) is 19.2 Å². The van der Waals surface area contributed by atoms with E-state index >= 15 is 0 Å². The molecule has 1 aromatic rings. The predicted octanol–water partition coefficient (Wildman–Crippen LogP) is 1.01. The van der Waals surface area contributed by atoms with E-state index in [0.29, 0.717) is 31.2 Å². The Hall–Kier alpha value is -2.12. The van der Waals surface area contributed by atoms with Gasteiger partial charge in [0.15, 0.2) is 0 Å². The van der Waals surface area contributed by atoms with Gasteiger partial charge in [-0.25, -0.2) is 4.79 Å². The minimum absolute atomic E-state index is 0.00769. The minimum Gasteiger partial charge on any atom is -0.380 e. The Labute approximate surface area is 148 Å². The summed E-state index contributed by atoms with van der Waals surface area (Å²) < 4.78 is 5.43. The van der Waals surface area contributed by atoms with Gasteiger partial charge in [0.05, 0.1) is 6.10 Å². The Morgan fingerprint density at radius 2 is 2.08 bits per heavy atom. The average Bonchev–Trinajstić information content (AvgIpc) is 3.20. The highest BCUT2D eigenvalue weighted by atomic mass is 16.5. The number of methoxy groups -OCH3 is 1. The lowest BCUT2D eigenvalue weighted by molar-refractivity contribution is 0.0760. The maximum Gasteiger partial charge on any atom is 0.321 e. The second-order valence-electron chi connectivity index (χ2n) is 6.80. The highest BCUT2D eigenvalue weighted by Gasteiger charge is 2.31. The number of likely N-dealkylation sites (N-methyl/N-ethyl adjacent to an activating group) is 2. The largest absolute Gasteiger partial charge is 0.380 e. The Bertz CT molecular complexity index is 634. The molecule has 3 rings (SSSR count). The number of urea groups is 1. The van der Waals surface area contributed by atoms with Crippen molar-refractivity contribution in [2.75, 3.05) is 52.3 Å². The quantitative estimate of drug-likeness (QED) is 0.864. The Kier molecular flexibility index (Phi) is 5.24. The van der Waals surface area contributed by atoms with Crippen molar-refractivity contribution >= 4 is 17.6 Å². The molecule has 2 aliphatic heterocycles. The van der Waals surface area contributed by atoms with Crippen LogP contribution in [0.5, 0.6) is 0 Å². The lowest BCUT2D eigenvalue weighted by atomic mass is 10.1. The third-order valence-corrected chi connectivity index (χ3v) is 5.10. The average molecular weight is 346 g/mol. The van der Waals surface area contributed by atoms with Crippen LogP contribution in [0.15, 0.2) is 24.3 Å². The summed E-state index contributed by atoms with van der Waals surface area (Å²) in [5.41, 5.74) is 1.45. The number of hydrogen-bond acceptors (Lipinski definition) is 4. The van der Waals surface area contributed by atoms with Crippen LogP contribution in [0.2, 0.25) is 0 Å². The van der Waals surface area contributed by atoms with Gasteiger partial charge in [0.2, 0.25) is 0 Å². The zero-order valence-electron chi connectivity index (χ0n) is 15.1. The van der Waals surface area contributed by atoms with Gasteiger partial charge in [0, 0.05) is 57.6 Å². The van der Waals surface area contributed by atoms with Gasteiger partial charge in [-0.05, 0) is 37.7 Å². The lowest BCUT2D eigenvalue weighted by Crippen LogP contribution is -2.39. The first-order valence-electron chi connectivity index (χ1n) is 8.63. The first-order valence-corrected chi connectivity index (χ1v) is 8.63. The van der Waals surface area contributed by atoms with Gasteiger partial charge in [-0.1, -0.05) is 0 Å². The molecular formula is C18H26N4O3. The van der Waals surface area contributed by atoms with E-state index in [2.05, 4.69) is 17.3 Å². The standard InChI is InChI=1S/C18H26N4O3/c1-20-12-16(25-3)10-15(20)11-21(2)17(23)13-4-6-14(7-5-13)22-9-8-19-18(22)24/h4-7,15-16H,8-12H2,1-3H3,(H,19,24)/t15-,16-/m0/s1. The Balaban J connectivity index is 1.61. The second-order valence-corrected chi connectivity index (χ2v) is 6.80. The summed E-state index contributed by atoms with van der Waals surface area (Å²) in [6, 6.07) is 7.45. The van der Waals surface area contributed by atoms with Gasteiger partial charge < -0.3 is 15.0 Å². The summed E-state index contributed by atoms with van der Waals surface area (Å²) in [6.07, 6.45) is 1.18. The molecule has 1 N–H and O–H groups in total. The maximum absolute atomic E-state index is 12.7. The highest BCUT2D eigenvalue weighted by Crippen LogP contribution is 2.21. The van der Waals surface area contributed by atoms with Crippen molar-refractivity contribution in [1.29, 1.82) is 0 Å². The summed E-state index contributed by atoms with van der Waals surface area (Å²) in [4.78, 5) is 30.1. The van der Waals surface area contributed by atoms with Gasteiger partial charge in [-0.2, -0.15) is 0 Å². The van der Waals surface area contributed by atoms with Crippen LogP contribution < -0.4 is 10.2 Å². The van der Waals surface area contributed by atoms with Crippen molar-refractivity contribution in [2.45, 2.75) is 18.6 Å². The highest BCUT2D eigenvalue weighted by molar-refractivity contribution is 5.96. The minimum atomic E-state index is -0.0897. The van der Waals surface area contributed by atoms with Crippen LogP contribution in [0.4, 0.5) is 10.5 Å². The normalized spacial score (nSPS) is 23.8. The Morgan fingerprint density at radius 1 is 1.36 bits per heavy atom. The number of rotatable bonds is 5. The molecule has 1 aromatic carbocycles. The number of nitrogens with zero attached hydrogens (tertiary/aromatic N) is 3. The van der Waals surface area contributed by atoms with Gasteiger partial charge in [-0.15, -0.1) is 0 Å². The van der Waals surface area contributed by atoms with Crippen molar-refractivity contribution in [3.63, 3.8) is 0 Å². The summed E-state index contributed by atoms with van der Waals surface area (Å²) in [6.45, 7) is 2.88. The first-order chi connectivity index (χ1) is 12.0. The molecule has 3 amide bonds. The number of hydrogen-bond donors (Lipinski definition) is 1. The number of nitrogens with one attached hydrogen (secondary N) is 1. The van der Waals surface area contributed by atoms with Gasteiger partial charge in [-0.3, -0.25) is 14.6 Å². The molecule has 2 atom stereocenters. The molecule has 0 aromatic heterocycles. The van der Waals surface area contributed by atoms with Crippen molar-refractivity contribution in [3.05, 3.63) is 29.8 Å². The Morgan fingerprint density at radius 3 is 2.64 bits per heavy atom. The van der Waals surface area contributed by atoms with E-state index in [-0.39, 0.29) is 18.0 Å². The second kappa shape index (κ2) is 7.41. The number of benzene rings is 1. The number of carbonyl (C=O) groups is 2. The maximum atomic E-state index is 12.7. The predicted molar refractivity (Wildman–Crippen MR) is 96.0 cm³/mol. The molecule has 0 radical (unpaired) electrons. The molecule has 0 aliphatic carbocycles. The van der Waals surface area contributed by atoms with Crippen LogP contribution in [-0.2, 0) is 4.74 Å². The molecule has 136 valence electrons. The van der Waals surface area contributed by atoms with Crippen molar-refractivity contribution in [3.8, 4) is 0 Å². The van der Waals surface area contributed by atoms with Crippen LogP contribution in [-0.4, -0.2) is 81.3 Å². The van der Waals surface area contributed by atoms with Gasteiger partial charge in [0.25, 0.3) is 5.91 Å². The molecule has 7 nitrogen and oxygen atoms in total. The van der Waals surface area contributed by atoms with E-state index < -0.39 is 0 Å². The zero-order chi connectivity index (χ0) is 18.0. The summed E-state index contributed by atoms with van der Waals surface area (Å²) in [7, 11) is 5.63. The van der Waals surface area contributed by atoms with Crippen LogP contribution in [0.3, 0.4) is 0 Å². The fourth-order valence-electron chi connectivity index (χ4n) is 3.53. The molecule has 2 aliphatic rings. The fraction of sp³-hybridized carbons (Fsp3) is 0.556. The zero-order valence-corrected chi connectivity index (χ0v) is 15.1. The van der Waals surface area contributed by atoms with E-state index in [0.717, 1.165) is 18.7 Å². The topological polar surface area (TPSA) is 65.1 Å². The van der Waals surface area contributed by atoms with Gasteiger partial charge in [0.1, 0.15) is 0 Å². The smallest absolute Gasteiger partial charge is 0.321 e. The monoisotopic (exact) mass is 346 g/mol. The van der Waals surface area contributed by atoms with Crippen LogP contribution >= 0.6 is 0 Å². The van der Waals surface area contributed by atoms with Crippen LogP contribution in [0.25, 0.3) is 0 Å². The molecule has 0 spiro atoms. The molecule has 25 heavy (non-hydrogen) atoms. The molecule has 2 fully saturated rings. The van der Waals surface area contributed by atoms with Crippen molar-refractivity contribution in [1.82, 2.24) is 15.1 Å². The summed E-state index contributed by atoms with van der Waals surface area (Å²) >= 11 is 0. The van der Waals surface area contributed by atoms with E-state index in [9.17, 15) is 9.59 Å². The fourth-order valence-corrected chi connectivity index (χ4v) is 3.53. The van der Waals surface area contributed by atoms with E-state index in [4.69, 9.17) is 4.74 Å². The van der Waals surface area contributed by atoms with Crippen LogP contribution in [0.1, 0.15) is 16.8 Å². The lowest BCUT2D eigenvalue weighted by Gasteiger charge is -2.25. The van der Waals surface area contributed by atoms with E-state index in [1.54, 1.807) is 29.0 Å². The molecule has 2 heterocycles. The summed E-state index contributed by atoms with van der Waals surface area (Å²) in [5.74, 6) is -0.00769. The first kappa shape index (κ1) is 17.7. The number of anilines is 1. The molecular weight excluding hydrogens is 320 g/mol. The number of amides is 3. The van der Waals surface area contributed by atoms with Crippen LogP contribution in [0, 0.1) is 0 Å². The molecule has 0 saturated carbocycles. The number of carbonyl (C=O) groups excluding carboxylic acids is 2. The van der Waals surface area contributed by atoms with Crippen molar-refractivity contribution in [2.24, 2.45) is 0 Å². The third-order valence-electron chi connectivity index (χ3n) is 5.10. The summed E-state index contributed by atoms with van der Waals surface area (Å²) in [5, 5.41) is 2.77. The van der Waals surface area contributed by atoms with Gasteiger partial charge >= 0.3 is 6.03 Å². The van der Waals surface area contributed by atoms with E-state index in [1.165, 1.54) is 0 Å². The molecule has 7 heteroatoms. The molecule has 0 bridgehead atoms. The number of likely N-dealkylation sites (tertiary alicyclic amines) is 1. The number of ether oxygens (including phenoxy) is 1.